The molecule has 0 fully saturated rings. The van der Waals surface area contributed by atoms with Gasteiger partial charge in [0.1, 0.15) is 0 Å². The Morgan fingerprint density at radius 3 is 2.54 bits per heavy atom. The predicted molar refractivity (Wildman–Crippen MR) is 102 cm³/mol. The maximum Gasteiger partial charge on any atom is 0.196 e. The van der Waals surface area contributed by atoms with Crippen LogP contribution in [0.25, 0.3) is 5.69 Å². The summed E-state index contributed by atoms with van der Waals surface area (Å²) in [4.78, 5) is 9.81. The molecular formula is C18H17Cl2N3S. The molecule has 2 aromatic heterocycles. The van der Waals surface area contributed by atoms with E-state index >= 15 is 0 Å². The first-order valence-electron chi connectivity index (χ1n) is 7.48. The van der Waals surface area contributed by atoms with E-state index in [9.17, 15) is 0 Å². The summed E-state index contributed by atoms with van der Waals surface area (Å²) in [6, 6.07) is 11.2. The second-order valence-electron chi connectivity index (χ2n) is 6.38. The van der Waals surface area contributed by atoms with Crippen LogP contribution in [-0.2, 0) is 5.41 Å². The Balaban J connectivity index is 2.29. The van der Waals surface area contributed by atoms with Crippen molar-refractivity contribution in [3.8, 4) is 5.69 Å². The first-order chi connectivity index (χ1) is 11.4. The van der Waals surface area contributed by atoms with Gasteiger partial charge in [0.15, 0.2) is 10.6 Å². The minimum atomic E-state index is -0.0582. The molecular weight excluding hydrogens is 361 g/mol. The van der Waals surface area contributed by atoms with Crippen molar-refractivity contribution in [2.45, 2.75) is 26.2 Å². The fourth-order valence-electron chi connectivity index (χ4n) is 2.32. The predicted octanol–water partition coefficient (Wildman–Crippen LogP) is 5.77. The molecule has 0 saturated carbocycles. The summed E-state index contributed by atoms with van der Waals surface area (Å²) in [5.74, 6) is 0.665. The van der Waals surface area contributed by atoms with Gasteiger partial charge in [0, 0.05) is 27.7 Å². The van der Waals surface area contributed by atoms with Crippen molar-refractivity contribution in [1.82, 2.24) is 9.55 Å². The highest BCUT2D eigenvalue weighted by Crippen LogP contribution is 2.30. The fourth-order valence-corrected chi connectivity index (χ4v) is 3.94. The van der Waals surface area contributed by atoms with E-state index in [1.54, 1.807) is 23.6 Å². The minimum absolute atomic E-state index is 0.0582. The van der Waals surface area contributed by atoms with E-state index in [0.717, 1.165) is 16.2 Å². The Kier molecular flexibility index (Phi) is 4.81. The molecule has 0 unspecified atom stereocenters. The highest BCUT2D eigenvalue weighted by Gasteiger charge is 2.22. The van der Waals surface area contributed by atoms with Crippen LogP contribution in [0.2, 0.25) is 10.0 Å². The van der Waals surface area contributed by atoms with Crippen LogP contribution >= 0.6 is 34.5 Å². The lowest BCUT2D eigenvalue weighted by molar-refractivity contribution is 0.553. The molecule has 3 nitrogen and oxygen atoms in total. The average molecular weight is 378 g/mol. The molecule has 0 N–H and O–H groups in total. The zero-order valence-electron chi connectivity index (χ0n) is 13.6. The normalized spacial score (nSPS) is 12.6. The van der Waals surface area contributed by atoms with Gasteiger partial charge in [-0.2, -0.15) is 0 Å². The Hall–Kier alpha value is -1.62. The van der Waals surface area contributed by atoms with Crippen molar-refractivity contribution in [1.29, 1.82) is 0 Å². The van der Waals surface area contributed by atoms with E-state index in [1.165, 1.54) is 0 Å². The molecule has 0 radical (unpaired) electrons. The third-order valence-electron chi connectivity index (χ3n) is 3.49. The van der Waals surface area contributed by atoms with Gasteiger partial charge < -0.3 is 0 Å². The van der Waals surface area contributed by atoms with Crippen LogP contribution in [-0.4, -0.2) is 9.55 Å². The highest BCUT2D eigenvalue weighted by atomic mass is 35.5. The standard InChI is InChI=1S/C18H17Cl2N3S/c1-18(2,3)15-11-24-17(22-16-6-4-5-9-21-16)23(15)14-8-7-12(19)10-13(14)20/h4-11H,1-3H3. The molecule has 0 aliphatic carbocycles. The van der Waals surface area contributed by atoms with Gasteiger partial charge in [-0.15, -0.1) is 11.3 Å². The summed E-state index contributed by atoms with van der Waals surface area (Å²) in [7, 11) is 0. The molecule has 2 heterocycles. The lowest BCUT2D eigenvalue weighted by Gasteiger charge is -2.21. The zero-order chi connectivity index (χ0) is 17.3. The van der Waals surface area contributed by atoms with Crippen molar-refractivity contribution in [3.63, 3.8) is 0 Å². The summed E-state index contributed by atoms with van der Waals surface area (Å²) in [5, 5.41) is 3.32. The molecule has 3 aromatic rings. The first-order valence-corrected chi connectivity index (χ1v) is 9.12. The average Bonchev–Trinajstić information content (AvgIpc) is 2.92. The molecule has 0 spiro atoms. The monoisotopic (exact) mass is 377 g/mol. The first kappa shape index (κ1) is 17.2. The van der Waals surface area contributed by atoms with E-state index in [1.807, 2.05) is 30.3 Å². The van der Waals surface area contributed by atoms with Gasteiger partial charge in [0.05, 0.1) is 10.7 Å². The third kappa shape index (κ3) is 3.56. The molecule has 24 heavy (non-hydrogen) atoms. The van der Waals surface area contributed by atoms with E-state index in [4.69, 9.17) is 28.2 Å². The van der Waals surface area contributed by atoms with Crippen LogP contribution in [0.15, 0.2) is 53.0 Å². The minimum Gasteiger partial charge on any atom is -0.287 e. The zero-order valence-corrected chi connectivity index (χ0v) is 16.0. The Morgan fingerprint density at radius 1 is 1.12 bits per heavy atom. The lowest BCUT2D eigenvalue weighted by Crippen LogP contribution is -2.23. The lowest BCUT2D eigenvalue weighted by atomic mass is 9.93. The van der Waals surface area contributed by atoms with Crippen molar-refractivity contribution >= 4 is 40.4 Å². The molecule has 0 amide bonds. The van der Waals surface area contributed by atoms with Gasteiger partial charge in [-0.05, 0) is 30.3 Å². The third-order valence-corrected chi connectivity index (χ3v) is 4.85. The smallest absolute Gasteiger partial charge is 0.196 e. The van der Waals surface area contributed by atoms with Crippen LogP contribution in [0.3, 0.4) is 0 Å². The second kappa shape index (κ2) is 6.71. The highest BCUT2D eigenvalue weighted by molar-refractivity contribution is 7.07. The number of hydrogen-bond acceptors (Lipinski definition) is 3. The van der Waals surface area contributed by atoms with Crippen molar-refractivity contribution < 1.29 is 0 Å². The van der Waals surface area contributed by atoms with Gasteiger partial charge >= 0.3 is 0 Å². The van der Waals surface area contributed by atoms with Gasteiger partial charge in [-0.25, -0.2) is 9.98 Å². The maximum atomic E-state index is 6.46. The Labute approximate surface area is 155 Å². The van der Waals surface area contributed by atoms with Crippen molar-refractivity contribution in [3.05, 3.63) is 68.5 Å². The van der Waals surface area contributed by atoms with Gasteiger partial charge in [-0.1, -0.05) is 50.0 Å². The van der Waals surface area contributed by atoms with Gasteiger partial charge in [0.25, 0.3) is 0 Å². The summed E-state index contributed by atoms with van der Waals surface area (Å²) in [6.07, 6.45) is 1.73. The fraction of sp³-hybridized carbons (Fsp3) is 0.222. The second-order valence-corrected chi connectivity index (χ2v) is 8.06. The number of nitrogens with zero attached hydrogens (tertiary/aromatic N) is 3. The molecule has 0 atom stereocenters. The molecule has 124 valence electrons. The molecule has 1 aromatic carbocycles. The molecule has 0 aliphatic rings. The molecule has 0 saturated heterocycles. The van der Waals surface area contributed by atoms with Gasteiger partial charge in [-0.3, -0.25) is 4.57 Å². The summed E-state index contributed by atoms with van der Waals surface area (Å²) < 4.78 is 2.08. The van der Waals surface area contributed by atoms with Crippen LogP contribution in [0, 0.1) is 0 Å². The maximum absolute atomic E-state index is 6.46. The Morgan fingerprint density at radius 2 is 1.92 bits per heavy atom. The molecule has 0 aliphatic heterocycles. The van der Waals surface area contributed by atoms with Crippen molar-refractivity contribution in [2.24, 2.45) is 4.99 Å². The topological polar surface area (TPSA) is 30.2 Å². The number of benzene rings is 1. The van der Waals surface area contributed by atoms with E-state index in [2.05, 4.69) is 35.7 Å². The van der Waals surface area contributed by atoms with E-state index in [-0.39, 0.29) is 5.41 Å². The van der Waals surface area contributed by atoms with E-state index < -0.39 is 0 Å². The van der Waals surface area contributed by atoms with Crippen LogP contribution < -0.4 is 4.80 Å². The van der Waals surface area contributed by atoms with E-state index in [0.29, 0.717) is 15.9 Å². The SMILES string of the molecule is CC(C)(C)c1csc(=Nc2ccccn2)n1-c1ccc(Cl)cc1Cl. The molecule has 3 rings (SSSR count). The van der Waals surface area contributed by atoms with Gasteiger partial charge in [0.2, 0.25) is 0 Å². The number of hydrogen-bond donors (Lipinski definition) is 0. The number of aromatic nitrogens is 2. The molecule has 0 bridgehead atoms. The van der Waals surface area contributed by atoms with Crippen LogP contribution in [0.4, 0.5) is 5.82 Å². The number of halogens is 2. The summed E-state index contributed by atoms with van der Waals surface area (Å²) >= 11 is 14.1. The number of rotatable bonds is 2. The molecule has 6 heteroatoms. The van der Waals surface area contributed by atoms with Crippen LogP contribution in [0.5, 0.6) is 0 Å². The van der Waals surface area contributed by atoms with Crippen LogP contribution in [0.1, 0.15) is 26.5 Å². The summed E-state index contributed by atoms with van der Waals surface area (Å²) in [5.41, 5.74) is 1.94. The quantitative estimate of drug-likeness (QED) is 0.557. The number of pyridine rings is 1. The summed E-state index contributed by atoms with van der Waals surface area (Å²) in [6.45, 7) is 6.50. The Bertz CT molecular complexity index is 921. The number of thiazole rings is 1. The van der Waals surface area contributed by atoms with Crippen molar-refractivity contribution in [2.75, 3.05) is 0 Å². The largest absolute Gasteiger partial charge is 0.287 e.